The summed E-state index contributed by atoms with van der Waals surface area (Å²) in [4.78, 5) is 9.98. The van der Waals surface area contributed by atoms with Gasteiger partial charge in [-0.1, -0.05) is 99.8 Å². The molecule has 0 saturated heterocycles. The molecule has 0 fully saturated rings. The van der Waals surface area contributed by atoms with E-state index < -0.39 is 13.3 Å². The number of benzene rings is 6. The van der Waals surface area contributed by atoms with Gasteiger partial charge < -0.3 is 8.98 Å². The van der Waals surface area contributed by atoms with Crippen molar-refractivity contribution in [3.63, 3.8) is 0 Å². The number of para-hydroxylation sites is 2. The summed E-state index contributed by atoms with van der Waals surface area (Å²) in [6, 6.07) is 49.2. The number of aromatic nitrogens is 3. The summed E-state index contributed by atoms with van der Waals surface area (Å²) in [7, 11) is 0. The molecule has 3 aromatic heterocycles. The van der Waals surface area contributed by atoms with Crippen molar-refractivity contribution in [1.82, 2.24) is 14.5 Å². The maximum atomic E-state index is 6.12. The second-order valence-electron chi connectivity index (χ2n) is 17.6. The summed E-state index contributed by atoms with van der Waals surface area (Å²) in [6.45, 7) is 13.7. The van der Waals surface area contributed by atoms with Crippen LogP contribution in [-0.4, -0.2) is 27.8 Å². The zero-order chi connectivity index (χ0) is 40.7. The monoisotopic (exact) mass is 1010 g/mol. The van der Waals surface area contributed by atoms with Crippen LogP contribution in [0.5, 0.6) is 0 Å². The van der Waals surface area contributed by atoms with Gasteiger partial charge in [0.1, 0.15) is 5.58 Å². The first-order valence-corrected chi connectivity index (χ1v) is 28.1. The molecule has 1 radical (unpaired) electrons. The Kier molecular flexibility index (Phi) is 12.5. The van der Waals surface area contributed by atoms with E-state index in [9.17, 15) is 0 Å². The van der Waals surface area contributed by atoms with Crippen molar-refractivity contribution in [2.45, 2.75) is 77.1 Å². The minimum absolute atomic E-state index is 0. The SMILES string of the molecule is CC(C)Cc1cc(-c2[c-]cccc2)nc[c]1[Ge]([CH3])([CH3])[CH3].CC(C)c1cccc(C(C)C)c1-n1c(-c2[c-]cc3oc4ccccc4c3c2)nc2ccc3ccccc3c21.[Ir]. The average molecular weight is 1010 g/mol. The molecule has 0 N–H and O–H groups in total. The quantitative estimate of drug-likeness (QED) is 0.113. The predicted molar refractivity (Wildman–Crippen MR) is 248 cm³/mol. The normalized spacial score (nSPS) is 11.9. The molecule has 0 aliphatic rings. The summed E-state index contributed by atoms with van der Waals surface area (Å²) >= 11 is -1.86. The largest absolute Gasteiger partial charge is 0.500 e. The Bertz CT molecular complexity index is 2870. The number of hydrogen-bond acceptors (Lipinski definition) is 3. The number of furan rings is 1. The fraction of sp³-hybridized carbons (Fsp3) is 0.245. The second-order valence-corrected chi connectivity index (χ2v) is 28.2. The standard InChI is InChI=1S/C35H29N2O.C18H24GeN.Ir/c1-21(2)25-13-9-14-26(22(3)4)33(25)37-34-27-11-6-5-10-23(27)16-18-30(34)36-35(37)24-17-19-32-29(20-24)28-12-7-8-15-31(28)38-32;1-14(2)11-16-12-18(15-9-7-6-8-10-15)20-13-17(16)19(3,4)5;/h5-16,18-22H,1-4H3;6-9,12-14H,11H2,1-5H3;/q2*-1;. The molecule has 9 rings (SSSR count). The van der Waals surface area contributed by atoms with Gasteiger partial charge in [-0.25, -0.2) is 0 Å². The molecule has 6 heteroatoms. The van der Waals surface area contributed by atoms with Gasteiger partial charge in [-0.3, -0.25) is 4.98 Å². The first-order chi connectivity index (χ1) is 27.9. The van der Waals surface area contributed by atoms with E-state index >= 15 is 0 Å². The van der Waals surface area contributed by atoms with E-state index in [4.69, 9.17) is 14.4 Å². The zero-order valence-electron chi connectivity index (χ0n) is 35.6. The Morgan fingerprint density at radius 1 is 0.678 bits per heavy atom. The smallest absolute Gasteiger partial charge is 0.120 e. The number of pyridine rings is 1. The molecule has 4 nitrogen and oxygen atoms in total. The van der Waals surface area contributed by atoms with Crippen LogP contribution in [0.15, 0.2) is 132 Å². The molecule has 3 heterocycles. The maximum Gasteiger partial charge on any atom is 0.120 e. The number of rotatable bonds is 8. The van der Waals surface area contributed by atoms with Gasteiger partial charge in [-0.05, 0) is 40.5 Å². The summed E-state index contributed by atoms with van der Waals surface area (Å²) in [5, 5.41) is 4.60. The van der Waals surface area contributed by atoms with Gasteiger partial charge in [0.15, 0.2) is 0 Å². The van der Waals surface area contributed by atoms with Crippen molar-refractivity contribution < 1.29 is 24.5 Å². The van der Waals surface area contributed by atoms with Gasteiger partial charge in [0, 0.05) is 36.6 Å². The van der Waals surface area contributed by atoms with E-state index in [-0.39, 0.29) is 20.1 Å². The summed E-state index contributed by atoms with van der Waals surface area (Å²) in [5.41, 5.74) is 12.3. The number of hydrogen-bond donors (Lipinski definition) is 0. The summed E-state index contributed by atoms with van der Waals surface area (Å²) in [6.07, 6.45) is 3.27. The fourth-order valence-corrected chi connectivity index (χ4v) is 11.6. The Morgan fingerprint density at radius 2 is 1.37 bits per heavy atom. The van der Waals surface area contributed by atoms with Gasteiger partial charge in [0.25, 0.3) is 0 Å². The van der Waals surface area contributed by atoms with Crippen molar-refractivity contribution >= 4 is 61.4 Å². The van der Waals surface area contributed by atoms with Gasteiger partial charge in [0.05, 0.1) is 22.4 Å². The molecule has 59 heavy (non-hydrogen) atoms. The fourth-order valence-electron chi connectivity index (χ4n) is 8.29. The van der Waals surface area contributed by atoms with Crippen LogP contribution < -0.4 is 4.40 Å². The van der Waals surface area contributed by atoms with Gasteiger partial charge in [-0.2, -0.15) is 0 Å². The number of imidazole rings is 1. The van der Waals surface area contributed by atoms with Crippen LogP contribution >= 0.6 is 0 Å². The van der Waals surface area contributed by atoms with Crippen LogP contribution in [-0.2, 0) is 26.5 Å². The van der Waals surface area contributed by atoms with Crippen LogP contribution in [0, 0.1) is 18.1 Å². The topological polar surface area (TPSA) is 43.9 Å². The summed E-state index contributed by atoms with van der Waals surface area (Å²) < 4.78 is 10.1. The van der Waals surface area contributed by atoms with E-state index in [1.165, 1.54) is 33.2 Å². The van der Waals surface area contributed by atoms with Crippen LogP contribution in [0.1, 0.15) is 70.1 Å². The van der Waals surface area contributed by atoms with Gasteiger partial charge in [0.2, 0.25) is 0 Å². The average Bonchev–Trinajstić information content (AvgIpc) is 3.79. The minimum atomic E-state index is -1.86. The second kappa shape index (κ2) is 17.4. The molecule has 0 saturated carbocycles. The molecular weight excluding hydrogens is 959 g/mol. The Balaban J connectivity index is 0.000000214. The predicted octanol–water partition coefficient (Wildman–Crippen LogP) is 14.1. The summed E-state index contributed by atoms with van der Waals surface area (Å²) in [5.74, 6) is 9.60. The number of fused-ring (bicyclic) bond motifs is 6. The molecule has 301 valence electrons. The van der Waals surface area contributed by atoms with Crippen LogP contribution in [0.25, 0.3) is 72.1 Å². The van der Waals surface area contributed by atoms with Crippen molar-refractivity contribution in [2.75, 3.05) is 0 Å². The Hall–Kier alpha value is -4.81. The van der Waals surface area contributed by atoms with Gasteiger partial charge in [-0.15, -0.1) is 23.8 Å². The molecular formula is C53H53GeIrN3O-2. The van der Waals surface area contributed by atoms with Crippen LogP contribution in [0.3, 0.4) is 0 Å². The molecule has 0 aliphatic heterocycles. The first-order valence-electron chi connectivity index (χ1n) is 20.7. The van der Waals surface area contributed by atoms with E-state index in [1.807, 2.05) is 36.4 Å². The maximum absolute atomic E-state index is 6.12. The molecule has 0 unspecified atom stereocenters. The van der Waals surface area contributed by atoms with E-state index in [0.717, 1.165) is 62.0 Å². The first kappa shape index (κ1) is 42.3. The van der Waals surface area contributed by atoms with E-state index in [2.05, 4.69) is 167 Å². The van der Waals surface area contributed by atoms with Crippen molar-refractivity contribution in [1.29, 1.82) is 0 Å². The van der Waals surface area contributed by atoms with Crippen LogP contribution in [0.4, 0.5) is 0 Å². The Morgan fingerprint density at radius 3 is 2.05 bits per heavy atom. The molecule has 0 bridgehead atoms. The van der Waals surface area contributed by atoms with Gasteiger partial charge >= 0.3 is 126 Å². The van der Waals surface area contributed by atoms with Crippen molar-refractivity contribution in [2.24, 2.45) is 5.92 Å². The zero-order valence-corrected chi connectivity index (χ0v) is 40.1. The molecule has 0 aliphatic carbocycles. The third-order valence-electron chi connectivity index (χ3n) is 11.1. The molecule has 0 atom stereocenters. The number of nitrogens with zero attached hydrogens (tertiary/aromatic N) is 3. The van der Waals surface area contributed by atoms with E-state index in [0.29, 0.717) is 17.8 Å². The van der Waals surface area contributed by atoms with Crippen LogP contribution in [0.2, 0.25) is 17.3 Å². The molecule has 9 aromatic rings. The van der Waals surface area contributed by atoms with E-state index in [1.54, 1.807) is 4.40 Å². The van der Waals surface area contributed by atoms with Crippen molar-refractivity contribution in [3.05, 3.63) is 156 Å². The Labute approximate surface area is 365 Å². The molecule has 6 aromatic carbocycles. The molecule has 0 amide bonds. The van der Waals surface area contributed by atoms with Crippen molar-refractivity contribution in [3.8, 4) is 28.3 Å². The minimum Gasteiger partial charge on any atom is -0.500 e. The molecule has 0 spiro atoms. The third-order valence-corrected chi connectivity index (χ3v) is 15.4. The third kappa shape index (κ3) is 8.48.